The highest BCUT2D eigenvalue weighted by molar-refractivity contribution is 5.93. The Morgan fingerprint density at radius 3 is 1.72 bits per heavy atom. The molecule has 2 heterocycles. The van der Waals surface area contributed by atoms with Gasteiger partial charge in [0, 0.05) is 22.3 Å². The molecule has 0 atom stereocenters. The number of nitrogens with zero attached hydrogens (tertiary/aromatic N) is 2. The monoisotopic (exact) mass is 780 g/mol. The lowest BCUT2D eigenvalue weighted by atomic mass is 9.68. The minimum Gasteiger partial charge on any atom is -0.449 e. The third-order valence-corrected chi connectivity index (χ3v) is 12.2. The summed E-state index contributed by atoms with van der Waals surface area (Å²) in [7, 11) is 0. The van der Waals surface area contributed by atoms with E-state index in [2.05, 4.69) is 194 Å². The van der Waals surface area contributed by atoms with Crippen LogP contribution in [0.5, 0.6) is 23.0 Å². The molecule has 1 aliphatic heterocycles. The number of benzene rings is 9. The van der Waals surface area contributed by atoms with E-state index in [9.17, 15) is 0 Å². The van der Waals surface area contributed by atoms with Gasteiger partial charge in [-0.05, 0) is 80.0 Å². The van der Waals surface area contributed by atoms with Crippen molar-refractivity contribution in [3.05, 3.63) is 241 Å². The van der Waals surface area contributed by atoms with Crippen LogP contribution < -0.4 is 9.47 Å². The zero-order valence-corrected chi connectivity index (χ0v) is 33.0. The Hall–Kier alpha value is -8.08. The Balaban J connectivity index is 0.990. The fourth-order valence-electron chi connectivity index (χ4n) is 9.49. The van der Waals surface area contributed by atoms with Gasteiger partial charge >= 0.3 is 0 Å². The van der Waals surface area contributed by atoms with Gasteiger partial charge in [-0.15, -0.1) is 0 Å². The largest absolute Gasteiger partial charge is 0.449 e. The summed E-state index contributed by atoms with van der Waals surface area (Å²) in [6.07, 6.45) is 0. The maximum absolute atomic E-state index is 7.09. The van der Waals surface area contributed by atoms with E-state index in [1.807, 2.05) is 24.3 Å². The van der Waals surface area contributed by atoms with Crippen molar-refractivity contribution in [3.63, 3.8) is 0 Å². The van der Waals surface area contributed by atoms with Crippen LogP contribution in [0.1, 0.15) is 22.3 Å². The van der Waals surface area contributed by atoms with Gasteiger partial charge in [-0.25, -0.2) is 9.97 Å². The van der Waals surface area contributed by atoms with Crippen molar-refractivity contribution in [2.24, 2.45) is 0 Å². The maximum atomic E-state index is 7.09. The summed E-state index contributed by atoms with van der Waals surface area (Å²) in [6.45, 7) is 0. The van der Waals surface area contributed by atoms with Gasteiger partial charge in [-0.2, -0.15) is 0 Å². The average molecular weight is 781 g/mol. The van der Waals surface area contributed by atoms with E-state index in [0.717, 1.165) is 56.1 Å². The van der Waals surface area contributed by atoms with Crippen molar-refractivity contribution in [3.8, 4) is 79.2 Å². The first-order valence-electron chi connectivity index (χ1n) is 20.6. The van der Waals surface area contributed by atoms with Crippen molar-refractivity contribution >= 4 is 10.8 Å². The molecule has 0 saturated heterocycles. The molecule has 0 unspecified atom stereocenters. The molecule has 0 bridgehead atoms. The fraction of sp³-hybridized carbons (Fsp3) is 0.0175. The van der Waals surface area contributed by atoms with Crippen molar-refractivity contribution < 1.29 is 9.47 Å². The molecule has 12 rings (SSSR count). The Bertz CT molecular complexity index is 3270. The molecule has 0 N–H and O–H groups in total. The molecule has 9 aromatic carbocycles. The van der Waals surface area contributed by atoms with Gasteiger partial charge in [0.05, 0.1) is 16.8 Å². The molecule has 0 fully saturated rings. The van der Waals surface area contributed by atoms with E-state index in [4.69, 9.17) is 19.4 Å². The number of hydrogen-bond acceptors (Lipinski definition) is 4. The predicted octanol–water partition coefficient (Wildman–Crippen LogP) is 14.6. The molecule has 1 aliphatic carbocycles. The average Bonchev–Trinajstić information content (AvgIpc) is 3.65. The summed E-state index contributed by atoms with van der Waals surface area (Å²) in [4.78, 5) is 10.4. The summed E-state index contributed by atoms with van der Waals surface area (Å²) >= 11 is 0. The number of fused-ring (bicyclic) bond motifs is 7. The van der Waals surface area contributed by atoms with E-state index in [0.29, 0.717) is 23.1 Å². The zero-order valence-electron chi connectivity index (χ0n) is 33.0. The second-order valence-electron chi connectivity index (χ2n) is 15.6. The van der Waals surface area contributed by atoms with Gasteiger partial charge in [0.1, 0.15) is 0 Å². The normalized spacial score (nSPS) is 13.0. The van der Waals surface area contributed by atoms with E-state index in [-0.39, 0.29) is 0 Å². The lowest BCUT2D eigenvalue weighted by Gasteiger charge is -2.34. The van der Waals surface area contributed by atoms with E-state index < -0.39 is 5.41 Å². The van der Waals surface area contributed by atoms with Crippen LogP contribution in [-0.2, 0) is 5.41 Å². The van der Waals surface area contributed by atoms with Crippen LogP contribution in [0.15, 0.2) is 218 Å². The molecule has 286 valence electrons. The number of hydrogen-bond donors (Lipinski definition) is 0. The van der Waals surface area contributed by atoms with Crippen molar-refractivity contribution in [2.45, 2.75) is 5.41 Å². The van der Waals surface area contributed by atoms with Gasteiger partial charge in [0.25, 0.3) is 0 Å². The second-order valence-corrected chi connectivity index (χ2v) is 15.6. The van der Waals surface area contributed by atoms with Crippen LogP contribution in [-0.4, -0.2) is 9.97 Å². The van der Waals surface area contributed by atoms with Crippen LogP contribution in [0.2, 0.25) is 0 Å². The third-order valence-electron chi connectivity index (χ3n) is 12.2. The first-order valence-corrected chi connectivity index (χ1v) is 20.6. The van der Waals surface area contributed by atoms with Gasteiger partial charge < -0.3 is 9.47 Å². The molecule has 61 heavy (non-hydrogen) atoms. The van der Waals surface area contributed by atoms with E-state index in [1.165, 1.54) is 33.0 Å². The molecule has 0 radical (unpaired) electrons. The van der Waals surface area contributed by atoms with Gasteiger partial charge in [0.2, 0.25) is 0 Å². The van der Waals surface area contributed by atoms with Crippen LogP contribution in [0, 0.1) is 0 Å². The highest BCUT2D eigenvalue weighted by Crippen LogP contribution is 2.62. The Kier molecular flexibility index (Phi) is 8.04. The number of aromatic nitrogens is 2. The summed E-state index contributed by atoms with van der Waals surface area (Å²) < 4.78 is 13.8. The quantitative estimate of drug-likeness (QED) is 0.169. The molecule has 10 aromatic rings. The standard InChI is InChI=1S/C57H36N2O2/c1-4-17-38(18-5-1)56-58-49(41-29-28-37-16-10-11-19-39(37)34-41)36-50(59-56)45-25-13-12-24-44(45)40-30-32-51-53(35-40)61-55-52(60-51)33-31-48-54(55)46-26-14-15-27-47(46)57(48,42-20-6-2-7-21-42)43-22-8-3-9-23-43/h1-36H. The van der Waals surface area contributed by atoms with Crippen molar-refractivity contribution in [1.82, 2.24) is 9.97 Å². The summed E-state index contributed by atoms with van der Waals surface area (Å²) in [5, 5.41) is 2.36. The molecular formula is C57H36N2O2. The Labute approximate surface area is 354 Å². The third kappa shape index (κ3) is 5.61. The smallest absolute Gasteiger partial charge is 0.178 e. The number of ether oxygens (including phenoxy) is 2. The molecule has 0 spiro atoms. The fourth-order valence-corrected chi connectivity index (χ4v) is 9.49. The van der Waals surface area contributed by atoms with Crippen molar-refractivity contribution in [2.75, 3.05) is 0 Å². The molecule has 0 amide bonds. The second kappa shape index (κ2) is 14.0. The maximum Gasteiger partial charge on any atom is 0.178 e. The van der Waals surface area contributed by atoms with E-state index >= 15 is 0 Å². The first-order chi connectivity index (χ1) is 30.2. The lowest BCUT2D eigenvalue weighted by molar-refractivity contribution is 0.360. The zero-order chi connectivity index (χ0) is 40.3. The Morgan fingerprint density at radius 2 is 0.951 bits per heavy atom. The van der Waals surface area contributed by atoms with Gasteiger partial charge in [-0.1, -0.05) is 188 Å². The lowest BCUT2D eigenvalue weighted by Crippen LogP contribution is -2.28. The topological polar surface area (TPSA) is 44.2 Å². The van der Waals surface area contributed by atoms with Gasteiger partial charge in [0.15, 0.2) is 28.8 Å². The van der Waals surface area contributed by atoms with E-state index in [1.54, 1.807) is 0 Å². The minimum atomic E-state index is -0.546. The van der Waals surface area contributed by atoms with Crippen LogP contribution in [0.25, 0.3) is 66.9 Å². The molecule has 4 heteroatoms. The summed E-state index contributed by atoms with van der Waals surface area (Å²) in [6, 6.07) is 76.5. The van der Waals surface area contributed by atoms with Crippen LogP contribution >= 0.6 is 0 Å². The Morgan fingerprint density at radius 1 is 0.344 bits per heavy atom. The molecule has 4 nitrogen and oxygen atoms in total. The van der Waals surface area contributed by atoms with Gasteiger partial charge in [-0.3, -0.25) is 0 Å². The summed E-state index contributed by atoms with van der Waals surface area (Å²) in [5.74, 6) is 3.42. The number of rotatable bonds is 6. The molecule has 0 saturated carbocycles. The van der Waals surface area contributed by atoms with Crippen molar-refractivity contribution in [1.29, 1.82) is 0 Å². The SMILES string of the molecule is c1ccc(-c2nc(-c3ccc4ccccc4c3)cc(-c3ccccc3-c3ccc4c(c3)Oc3c(ccc5c3-c3ccccc3C5(c3ccccc3)c3ccccc3)O4)n2)cc1. The molecule has 1 aromatic heterocycles. The predicted molar refractivity (Wildman–Crippen MR) is 245 cm³/mol. The summed E-state index contributed by atoms with van der Waals surface area (Å²) in [5.41, 5.74) is 13.1. The minimum absolute atomic E-state index is 0.546. The van der Waals surface area contributed by atoms with Crippen LogP contribution in [0.3, 0.4) is 0 Å². The highest BCUT2D eigenvalue weighted by atomic mass is 16.6. The molecule has 2 aliphatic rings. The molecular weight excluding hydrogens is 745 g/mol. The first kappa shape index (κ1) is 34.9. The highest BCUT2D eigenvalue weighted by Gasteiger charge is 2.48. The van der Waals surface area contributed by atoms with Crippen LogP contribution in [0.4, 0.5) is 0 Å².